The average Bonchev–Trinajstić information content (AvgIpc) is 2.48. The highest BCUT2D eigenvalue weighted by Gasteiger charge is 2.08. The zero-order valence-electron chi connectivity index (χ0n) is 10.9. The second-order valence-corrected chi connectivity index (χ2v) is 4.82. The van der Waals surface area contributed by atoms with E-state index in [1.165, 1.54) is 6.07 Å². The highest BCUT2D eigenvalue weighted by atomic mass is 32.1. The summed E-state index contributed by atoms with van der Waals surface area (Å²) in [6.45, 7) is 0.0906. The minimum Gasteiger partial charge on any atom is -0.389 e. The van der Waals surface area contributed by atoms with Crippen molar-refractivity contribution in [3.8, 4) is 0 Å². The molecule has 6 heteroatoms. The maximum atomic E-state index is 13.1. The number of nitrogens with two attached hydrogens (primary N) is 1. The molecule has 2 rings (SSSR count). The molecule has 0 heterocycles. The molecule has 0 unspecified atom stereocenters. The van der Waals surface area contributed by atoms with Gasteiger partial charge < -0.3 is 11.1 Å². The van der Waals surface area contributed by atoms with Crippen LogP contribution in [-0.2, 0) is 6.54 Å². The molecule has 0 bridgehead atoms. The van der Waals surface area contributed by atoms with Crippen molar-refractivity contribution in [3.05, 3.63) is 70.8 Å². The molecular weight excluding hydrogens is 294 g/mol. The Morgan fingerprint density at radius 1 is 1.10 bits per heavy atom. The largest absolute Gasteiger partial charge is 0.389 e. The summed E-state index contributed by atoms with van der Waals surface area (Å²) in [6, 6.07) is 10.0. The maximum absolute atomic E-state index is 13.1. The molecule has 1 amide bonds. The lowest BCUT2D eigenvalue weighted by Crippen LogP contribution is -2.23. The number of nitrogens with one attached hydrogen (secondary N) is 1. The third-order valence-corrected chi connectivity index (χ3v) is 3.08. The lowest BCUT2D eigenvalue weighted by molar-refractivity contribution is 0.0951. The van der Waals surface area contributed by atoms with E-state index < -0.39 is 11.6 Å². The van der Waals surface area contributed by atoms with E-state index >= 15 is 0 Å². The van der Waals surface area contributed by atoms with E-state index in [4.69, 9.17) is 18.0 Å². The van der Waals surface area contributed by atoms with Crippen LogP contribution in [0.1, 0.15) is 21.5 Å². The van der Waals surface area contributed by atoms with Gasteiger partial charge in [-0.15, -0.1) is 0 Å². The molecular formula is C15H12F2N2OS. The molecule has 0 radical (unpaired) electrons. The molecule has 0 saturated carbocycles. The Bertz CT molecular complexity index is 704. The molecule has 3 N–H and O–H groups in total. The first-order valence-corrected chi connectivity index (χ1v) is 6.50. The van der Waals surface area contributed by atoms with Crippen LogP contribution in [0.15, 0.2) is 42.5 Å². The Labute approximate surface area is 125 Å². The first-order chi connectivity index (χ1) is 9.97. The zero-order valence-corrected chi connectivity index (χ0v) is 11.7. The van der Waals surface area contributed by atoms with Gasteiger partial charge in [-0.2, -0.15) is 0 Å². The lowest BCUT2D eigenvalue weighted by atomic mass is 10.1. The molecule has 0 aliphatic carbocycles. The highest BCUT2D eigenvalue weighted by Crippen LogP contribution is 2.09. The summed E-state index contributed by atoms with van der Waals surface area (Å²) in [6.07, 6.45) is 0. The number of amides is 1. The number of carbonyl (C=O) groups is 1. The standard InChI is InChI=1S/C15H12F2N2OS/c16-12-5-4-9(6-13(12)17)8-19-15(20)11-3-1-2-10(7-11)14(18)21/h1-7H,8H2,(H2,18,21)(H,19,20). The van der Waals surface area contributed by atoms with Crippen molar-refractivity contribution in [1.29, 1.82) is 0 Å². The topological polar surface area (TPSA) is 55.1 Å². The van der Waals surface area contributed by atoms with E-state index in [0.29, 0.717) is 16.7 Å². The summed E-state index contributed by atoms with van der Waals surface area (Å²) >= 11 is 4.84. The number of benzene rings is 2. The van der Waals surface area contributed by atoms with Crippen LogP contribution in [0.2, 0.25) is 0 Å². The van der Waals surface area contributed by atoms with E-state index in [0.717, 1.165) is 12.1 Å². The molecule has 108 valence electrons. The van der Waals surface area contributed by atoms with Crippen LogP contribution in [0.3, 0.4) is 0 Å². The molecule has 0 aliphatic rings. The summed E-state index contributed by atoms with van der Waals surface area (Å²) < 4.78 is 25.8. The van der Waals surface area contributed by atoms with Gasteiger partial charge in [-0.05, 0) is 29.8 Å². The van der Waals surface area contributed by atoms with E-state index in [1.54, 1.807) is 24.3 Å². The molecule has 21 heavy (non-hydrogen) atoms. The van der Waals surface area contributed by atoms with Crippen LogP contribution in [-0.4, -0.2) is 10.9 Å². The van der Waals surface area contributed by atoms with Crippen molar-refractivity contribution in [2.75, 3.05) is 0 Å². The molecule has 0 aromatic heterocycles. The summed E-state index contributed by atoms with van der Waals surface area (Å²) in [7, 11) is 0. The number of rotatable bonds is 4. The first kappa shape index (κ1) is 15.1. The average molecular weight is 306 g/mol. The Balaban J connectivity index is 2.06. The molecule has 0 saturated heterocycles. The van der Waals surface area contributed by atoms with Gasteiger partial charge in [0.2, 0.25) is 0 Å². The first-order valence-electron chi connectivity index (χ1n) is 6.09. The summed E-state index contributed by atoms with van der Waals surface area (Å²) in [5.41, 5.74) is 6.95. The van der Waals surface area contributed by atoms with Crippen molar-refractivity contribution >= 4 is 23.1 Å². The molecule has 3 nitrogen and oxygen atoms in total. The van der Waals surface area contributed by atoms with Crippen molar-refractivity contribution in [2.45, 2.75) is 6.54 Å². The van der Waals surface area contributed by atoms with Crippen LogP contribution >= 0.6 is 12.2 Å². The third-order valence-electron chi connectivity index (χ3n) is 2.85. The van der Waals surface area contributed by atoms with Gasteiger partial charge in [-0.3, -0.25) is 4.79 Å². The van der Waals surface area contributed by atoms with Gasteiger partial charge >= 0.3 is 0 Å². The number of thiocarbonyl (C=S) groups is 1. The Morgan fingerprint density at radius 2 is 1.81 bits per heavy atom. The quantitative estimate of drug-likeness (QED) is 0.854. The highest BCUT2D eigenvalue weighted by molar-refractivity contribution is 7.80. The summed E-state index contributed by atoms with van der Waals surface area (Å²) in [5, 5.41) is 2.62. The fourth-order valence-corrected chi connectivity index (χ4v) is 1.87. The van der Waals surface area contributed by atoms with Gasteiger partial charge in [0.25, 0.3) is 5.91 Å². The summed E-state index contributed by atoms with van der Waals surface area (Å²) in [4.78, 5) is 12.2. The third kappa shape index (κ3) is 3.82. The SMILES string of the molecule is NC(=S)c1cccc(C(=O)NCc2ccc(F)c(F)c2)c1. The predicted octanol–water partition coefficient (Wildman–Crippen LogP) is 2.53. The molecule has 2 aromatic carbocycles. The second kappa shape index (κ2) is 6.41. The Hall–Kier alpha value is -2.34. The molecule has 2 aromatic rings. The van der Waals surface area contributed by atoms with Crippen molar-refractivity contribution in [2.24, 2.45) is 5.73 Å². The van der Waals surface area contributed by atoms with Crippen molar-refractivity contribution in [1.82, 2.24) is 5.32 Å². The normalized spacial score (nSPS) is 10.2. The number of halogens is 2. The van der Waals surface area contributed by atoms with Crippen LogP contribution in [0.5, 0.6) is 0 Å². The van der Waals surface area contributed by atoms with Crippen molar-refractivity contribution in [3.63, 3.8) is 0 Å². The van der Waals surface area contributed by atoms with Crippen LogP contribution < -0.4 is 11.1 Å². The minimum absolute atomic E-state index is 0.0906. The van der Waals surface area contributed by atoms with Gasteiger partial charge in [0.05, 0.1) is 0 Å². The van der Waals surface area contributed by atoms with Gasteiger partial charge in [-0.25, -0.2) is 8.78 Å². The molecule has 0 fully saturated rings. The Kier molecular flexibility index (Phi) is 4.59. The van der Waals surface area contributed by atoms with Crippen LogP contribution in [0.25, 0.3) is 0 Å². The minimum atomic E-state index is -0.947. The second-order valence-electron chi connectivity index (χ2n) is 4.38. The fraction of sp³-hybridized carbons (Fsp3) is 0.0667. The maximum Gasteiger partial charge on any atom is 0.251 e. The fourth-order valence-electron chi connectivity index (χ4n) is 1.75. The number of hydrogen-bond acceptors (Lipinski definition) is 2. The van der Waals surface area contributed by atoms with E-state index in [1.807, 2.05) is 0 Å². The lowest BCUT2D eigenvalue weighted by Gasteiger charge is -2.07. The van der Waals surface area contributed by atoms with Crippen LogP contribution in [0, 0.1) is 11.6 Å². The van der Waals surface area contributed by atoms with Crippen LogP contribution in [0.4, 0.5) is 8.78 Å². The number of hydrogen-bond donors (Lipinski definition) is 2. The summed E-state index contributed by atoms with van der Waals surface area (Å²) in [5.74, 6) is -2.22. The van der Waals surface area contributed by atoms with Gasteiger partial charge in [0.15, 0.2) is 11.6 Å². The molecule has 0 aliphatic heterocycles. The van der Waals surface area contributed by atoms with E-state index in [9.17, 15) is 13.6 Å². The van der Waals surface area contributed by atoms with Gasteiger partial charge in [0, 0.05) is 17.7 Å². The smallest absolute Gasteiger partial charge is 0.251 e. The van der Waals surface area contributed by atoms with Gasteiger partial charge in [-0.1, -0.05) is 30.4 Å². The monoisotopic (exact) mass is 306 g/mol. The molecule has 0 atom stereocenters. The van der Waals surface area contributed by atoms with E-state index in [2.05, 4.69) is 5.32 Å². The Morgan fingerprint density at radius 3 is 2.48 bits per heavy atom. The van der Waals surface area contributed by atoms with E-state index in [-0.39, 0.29) is 17.4 Å². The number of carbonyl (C=O) groups excluding carboxylic acids is 1. The van der Waals surface area contributed by atoms with Crippen molar-refractivity contribution < 1.29 is 13.6 Å². The predicted molar refractivity (Wildman–Crippen MR) is 79.9 cm³/mol. The zero-order chi connectivity index (χ0) is 15.4. The molecule has 0 spiro atoms. The van der Waals surface area contributed by atoms with Gasteiger partial charge in [0.1, 0.15) is 4.99 Å².